The van der Waals surface area contributed by atoms with E-state index in [1.54, 1.807) is 19.1 Å². The first-order chi connectivity index (χ1) is 12.8. The van der Waals surface area contributed by atoms with Crippen LogP contribution in [0.1, 0.15) is 28.7 Å². The van der Waals surface area contributed by atoms with Gasteiger partial charge in [-0.2, -0.15) is 0 Å². The molecule has 0 saturated heterocycles. The first kappa shape index (κ1) is 20.6. The van der Waals surface area contributed by atoms with Gasteiger partial charge in [-0.25, -0.2) is 0 Å². The maximum Gasteiger partial charge on any atom is 0.226 e. The number of nitrogens with zero attached hydrogens (tertiary/aromatic N) is 1. The monoisotopic (exact) mass is 371 g/mol. The second-order valence-electron chi connectivity index (χ2n) is 6.77. The molecule has 0 aliphatic carbocycles. The Kier molecular flexibility index (Phi) is 7.11. The smallest absolute Gasteiger partial charge is 0.226 e. The summed E-state index contributed by atoms with van der Waals surface area (Å²) >= 11 is 0. The predicted molar refractivity (Wildman–Crippen MR) is 107 cm³/mol. The predicted octanol–water partition coefficient (Wildman–Crippen LogP) is 4.06. The average molecular weight is 371 g/mol. The Balaban J connectivity index is 1.91. The standard InChI is InChI=1S/C22H29NO4/c1-15-7-8-19(20(11-15)25-5)27-10-9-21(24)23(4)14-18-12-16(2)22(26-6)17(3)13-18/h7-8,11-13H,9-10,14H2,1-6H3. The fourth-order valence-corrected chi connectivity index (χ4v) is 3.15. The number of rotatable bonds is 8. The largest absolute Gasteiger partial charge is 0.496 e. The summed E-state index contributed by atoms with van der Waals surface area (Å²) in [6, 6.07) is 9.86. The summed E-state index contributed by atoms with van der Waals surface area (Å²) in [5.74, 6) is 2.26. The van der Waals surface area contributed by atoms with Crippen LogP contribution >= 0.6 is 0 Å². The molecule has 0 saturated carbocycles. The minimum Gasteiger partial charge on any atom is -0.496 e. The van der Waals surface area contributed by atoms with E-state index in [1.807, 2.05) is 46.0 Å². The number of aryl methyl sites for hydroxylation is 3. The lowest BCUT2D eigenvalue weighted by molar-refractivity contribution is -0.130. The number of methoxy groups -OCH3 is 2. The van der Waals surface area contributed by atoms with Crippen molar-refractivity contribution in [3.05, 3.63) is 52.6 Å². The molecule has 0 N–H and O–H groups in total. The third kappa shape index (κ3) is 5.39. The van der Waals surface area contributed by atoms with Crippen LogP contribution in [0.5, 0.6) is 17.2 Å². The van der Waals surface area contributed by atoms with Crippen molar-refractivity contribution < 1.29 is 19.0 Å². The molecule has 2 rings (SSSR count). The summed E-state index contributed by atoms with van der Waals surface area (Å²) in [4.78, 5) is 14.1. The molecule has 0 radical (unpaired) electrons. The van der Waals surface area contributed by atoms with Crippen molar-refractivity contribution in [3.63, 3.8) is 0 Å². The summed E-state index contributed by atoms with van der Waals surface area (Å²) in [5, 5.41) is 0. The molecule has 0 aromatic heterocycles. The van der Waals surface area contributed by atoms with Gasteiger partial charge < -0.3 is 19.1 Å². The van der Waals surface area contributed by atoms with Crippen LogP contribution in [0, 0.1) is 20.8 Å². The summed E-state index contributed by atoms with van der Waals surface area (Å²) in [6.45, 7) is 6.88. The molecule has 0 fully saturated rings. The van der Waals surface area contributed by atoms with E-state index >= 15 is 0 Å². The van der Waals surface area contributed by atoms with Gasteiger partial charge >= 0.3 is 0 Å². The van der Waals surface area contributed by atoms with E-state index in [-0.39, 0.29) is 5.91 Å². The van der Waals surface area contributed by atoms with Gasteiger partial charge in [-0.05, 0) is 55.2 Å². The normalized spacial score (nSPS) is 10.4. The van der Waals surface area contributed by atoms with Crippen molar-refractivity contribution in [3.8, 4) is 17.2 Å². The Labute approximate surface area is 161 Å². The molecule has 5 nitrogen and oxygen atoms in total. The number of carbonyl (C=O) groups excluding carboxylic acids is 1. The maximum absolute atomic E-state index is 12.4. The van der Waals surface area contributed by atoms with Crippen LogP contribution in [-0.4, -0.2) is 38.7 Å². The van der Waals surface area contributed by atoms with Crippen molar-refractivity contribution in [2.24, 2.45) is 0 Å². The van der Waals surface area contributed by atoms with Gasteiger partial charge in [-0.15, -0.1) is 0 Å². The third-order valence-electron chi connectivity index (χ3n) is 4.46. The highest BCUT2D eigenvalue weighted by molar-refractivity contribution is 5.76. The minimum atomic E-state index is 0.0344. The van der Waals surface area contributed by atoms with Crippen molar-refractivity contribution in [2.45, 2.75) is 33.7 Å². The van der Waals surface area contributed by atoms with Gasteiger partial charge in [0.05, 0.1) is 27.2 Å². The molecule has 0 bridgehead atoms. The summed E-state index contributed by atoms with van der Waals surface area (Å²) in [7, 11) is 5.09. The number of amides is 1. The maximum atomic E-state index is 12.4. The van der Waals surface area contributed by atoms with Gasteiger partial charge in [0.2, 0.25) is 5.91 Å². The van der Waals surface area contributed by atoms with Crippen molar-refractivity contribution in [1.82, 2.24) is 4.90 Å². The average Bonchev–Trinajstić information content (AvgIpc) is 2.62. The molecular weight excluding hydrogens is 342 g/mol. The molecule has 2 aromatic carbocycles. The van der Waals surface area contributed by atoms with E-state index in [2.05, 4.69) is 12.1 Å². The Morgan fingerprint density at radius 2 is 1.63 bits per heavy atom. The van der Waals surface area contributed by atoms with E-state index in [9.17, 15) is 4.79 Å². The SMILES string of the molecule is COc1cc(C)ccc1OCCC(=O)N(C)Cc1cc(C)c(OC)c(C)c1. The number of carbonyl (C=O) groups is 1. The lowest BCUT2D eigenvalue weighted by atomic mass is 10.1. The van der Waals surface area contributed by atoms with Gasteiger partial charge in [0.1, 0.15) is 5.75 Å². The van der Waals surface area contributed by atoms with Gasteiger partial charge in [-0.3, -0.25) is 4.79 Å². The zero-order valence-corrected chi connectivity index (χ0v) is 17.1. The molecule has 0 aliphatic rings. The molecule has 1 amide bonds. The molecule has 0 aliphatic heterocycles. The molecule has 2 aromatic rings. The first-order valence-electron chi connectivity index (χ1n) is 9.01. The Hall–Kier alpha value is -2.69. The fourth-order valence-electron chi connectivity index (χ4n) is 3.15. The van der Waals surface area contributed by atoms with E-state index in [0.29, 0.717) is 31.1 Å². The van der Waals surface area contributed by atoms with Crippen LogP contribution in [0.3, 0.4) is 0 Å². The number of hydrogen-bond acceptors (Lipinski definition) is 4. The van der Waals surface area contributed by atoms with Gasteiger partial charge in [-0.1, -0.05) is 18.2 Å². The van der Waals surface area contributed by atoms with Crippen molar-refractivity contribution >= 4 is 5.91 Å². The third-order valence-corrected chi connectivity index (χ3v) is 4.46. The van der Waals surface area contributed by atoms with Crippen molar-refractivity contribution in [1.29, 1.82) is 0 Å². The summed E-state index contributed by atoms with van der Waals surface area (Å²) < 4.78 is 16.5. The van der Waals surface area contributed by atoms with Gasteiger partial charge in [0.25, 0.3) is 0 Å². The molecule has 0 spiro atoms. The molecule has 5 heteroatoms. The molecule has 0 heterocycles. The van der Waals surface area contributed by atoms with Crippen LogP contribution in [0.15, 0.2) is 30.3 Å². The highest BCUT2D eigenvalue weighted by atomic mass is 16.5. The topological polar surface area (TPSA) is 48.0 Å². The van der Waals surface area contributed by atoms with Crippen molar-refractivity contribution in [2.75, 3.05) is 27.9 Å². The zero-order chi connectivity index (χ0) is 20.0. The Bertz CT molecular complexity index is 778. The van der Waals surface area contributed by atoms with Crippen LogP contribution in [0.25, 0.3) is 0 Å². The molecule has 0 atom stereocenters. The van der Waals surface area contributed by atoms with Crippen LogP contribution in [0.2, 0.25) is 0 Å². The van der Waals surface area contributed by atoms with E-state index < -0.39 is 0 Å². The van der Waals surface area contributed by atoms with E-state index in [4.69, 9.17) is 14.2 Å². The van der Waals surface area contributed by atoms with E-state index in [0.717, 1.165) is 28.0 Å². The first-order valence-corrected chi connectivity index (χ1v) is 9.01. The second-order valence-corrected chi connectivity index (χ2v) is 6.77. The lowest BCUT2D eigenvalue weighted by Gasteiger charge is -2.19. The minimum absolute atomic E-state index is 0.0344. The Morgan fingerprint density at radius 1 is 0.963 bits per heavy atom. The lowest BCUT2D eigenvalue weighted by Crippen LogP contribution is -2.27. The highest BCUT2D eigenvalue weighted by Crippen LogP contribution is 2.28. The summed E-state index contributed by atoms with van der Waals surface area (Å²) in [5.41, 5.74) is 4.33. The molecular formula is C22H29NO4. The van der Waals surface area contributed by atoms with E-state index in [1.165, 1.54) is 0 Å². The Morgan fingerprint density at radius 3 is 2.22 bits per heavy atom. The fraction of sp³-hybridized carbons (Fsp3) is 0.409. The van der Waals surface area contributed by atoms with Crippen LogP contribution in [0.4, 0.5) is 0 Å². The van der Waals surface area contributed by atoms with Crippen LogP contribution < -0.4 is 14.2 Å². The van der Waals surface area contributed by atoms with Gasteiger partial charge in [0, 0.05) is 13.6 Å². The summed E-state index contributed by atoms with van der Waals surface area (Å²) in [6.07, 6.45) is 0.307. The number of hydrogen-bond donors (Lipinski definition) is 0. The van der Waals surface area contributed by atoms with Gasteiger partial charge in [0.15, 0.2) is 11.5 Å². The molecule has 27 heavy (non-hydrogen) atoms. The molecule has 146 valence electrons. The number of benzene rings is 2. The highest BCUT2D eigenvalue weighted by Gasteiger charge is 2.13. The van der Waals surface area contributed by atoms with Crippen LogP contribution in [-0.2, 0) is 11.3 Å². The quantitative estimate of drug-likeness (QED) is 0.702. The zero-order valence-electron chi connectivity index (χ0n) is 17.1. The second kappa shape index (κ2) is 9.31. The molecule has 0 unspecified atom stereocenters. The number of ether oxygens (including phenoxy) is 3.